The molecule has 8 nitrogen and oxygen atoms in total. The van der Waals surface area contributed by atoms with Crippen LogP contribution in [0.25, 0.3) is 5.69 Å². The van der Waals surface area contributed by atoms with Gasteiger partial charge in [-0.3, -0.25) is 4.79 Å². The van der Waals surface area contributed by atoms with Gasteiger partial charge in [-0.25, -0.2) is 4.79 Å². The molecule has 3 rings (SSSR count). The maximum Gasteiger partial charge on any atom is 0.410 e. The SMILES string of the molecule is CC[C@@H]1CCN(C(=O)OC(C)(C)C)CCN1C(=O)c1cc(C)ccc1-n1nccn1. The second-order valence-electron chi connectivity index (χ2n) is 8.66. The second-order valence-corrected chi connectivity index (χ2v) is 8.66. The van der Waals surface area contributed by atoms with Gasteiger partial charge < -0.3 is 14.5 Å². The average Bonchev–Trinajstić information content (AvgIpc) is 3.12. The van der Waals surface area contributed by atoms with Crippen molar-refractivity contribution in [3.63, 3.8) is 0 Å². The van der Waals surface area contributed by atoms with E-state index in [4.69, 9.17) is 4.74 Å². The summed E-state index contributed by atoms with van der Waals surface area (Å²) < 4.78 is 5.53. The summed E-state index contributed by atoms with van der Waals surface area (Å²) in [6.07, 6.45) is 4.38. The minimum atomic E-state index is -0.545. The molecular weight excluding hydrogens is 382 g/mol. The molecule has 1 aromatic heterocycles. The molecule has 30 heavy (non-hydrogen) atoms. The molecule has 0 saturated carbocycles. The molecule has 2 amide bonds. The van der Waals surface area contributed by atoms with E-state index >= 15 is 0 Å². The molecular formula is C22H31N5O3. The lowest BCUT2D eigenvalue weighted by atomic mass is 10.0. The van der Waals surface area contributed by atoms with E-state index in [0.717, 1.165) is 12.0 Å². The van der Waals surface area contributed by atoms with Crippen molar-refractivity contribution < 1.29 is 14.3 Å². The third kappa shape index (κ3) is 4.98. The van der Waals surface area contributed by atoms with Crippen LogP contribution in [0.2, 0.25) is 0 Å². The Morgan fingerprint density at radius 1 is 1.13 bits per heavy atom. The highest BCUT2D eigenvalue weighted by Gasteiger charge is 2.32. The minimum Gasteiger partial charge on any atom is -0.444 e. The number of nitrogens with zero attached hydrogens (tertiary/aromatic N) is 5. The van der Waals surface area contributed by atoms with Gasteiger partial charge in [-0.15, -0.1) is 0 Å². The molecule has 1 aliphatic heterocycles. The summed E-state index contributed by atoms with van der Waals surface area (Å²) in [5.41, 5.74) is 1.66. The van der Waals surface area contributed by atoms with Gasteiger partial charge in [0.15, 0.2) is 0 Å². The Balaban J connectivity index is 1.85. The van der Waals surface area contributed by atoms with Gasteiger partial charge in [0, 0.05) is 25.7 Å². The van der Waals surface area contributed by atoms with E-state index in [9.17, 15) is 9.59 Å². The van der Waals surface area contributed by atoms with Gasteiger partial charge in [-0.2, -0.15) is 15.0 Å². The normalized spacial score (nSPS) is 17.6. The quantitative estimate of drug-likeness (QED) is 0.770. The number of ether oxygens (including phenoxy) is 1. The van der Waals surface area contributed by atoms with Gasteiger partial charge in [-0.05, 0) is 52.7 Å². The van der Waals surface area contributed by atoms with Crippen molar-refractivity contribution in [1.29, 1.82) is 0 Å². The molecule has 1 aliphatic rings. The van der Waals surface area contributed by atoms with Gasteiger partial charge >= 0.3 is 6.09 Å². The predicted octanol–water partition coefficient (Wildman–Crippen LogP) is 3.44. The van der Waals surface area contributed by atoms with E-state index < -0.39 is 5.60 Å². The molecule has 1 fully saturated rings. The summed E-state index contributed by atoms with van der Waals surface area (Å²) in [5.74, 6) is -0.0658. The van der Waals surface area contributed by atoms with Gasteiger partial charge in [0.05, 0.1) is 23.6 Å². The largest absolute Gasteiger partial charge is 0.444 e. The highest BCUT2D eigenvalue weighted by molar-refractivity contribution is 5.98. The molecule has 0 aliphatic carbocycles. The van der Waals surface area contributed by atoms with Crippen LogP contribution in [-0.2, 0) is 4.74 Å². The Bertz CT molecular complexity index is 889. The fourth-order valence-electron chi connectivity index (χ4n) is 3.67. The van der Waals surface area contributed by atoms with Crippen LogP contribution in [0, 0.1) is 6.92 Å². The number of carbonyl (C=O) groups excluding carboxylic acids is 2. The average molecular weight is 414 g/mol. The molecule has 162 valence electrons. The van der Waals surface area contributed by atoms with Crippen LogP contribution in [0.1, 0.15) is 56.5 Å². The van der Waals surface area contributed by atoms with Gasteiger partial charge in [0.1, 0.15) is 5.60 Å². The van der Waals surface area contributed by atoms with E-state index in [1.54, 1.807) is 17.3 Å². The molecule has 1 saturated heterocycles. The zero-order valence-corrected chi connectivity index (χ0v) is 18.5. The maximum absolute atomic E-state index is 13.6. The standard InChI is InChI=1S/C22H31N5O3/c1-6-17-9-12-25(21(29)30-22(3,4)5)13-14-26(17)20(28)18-15-16(2)7-8-19(18)27-23-10-11-24-27/h7-8,10-11,15,17H,6,9,12-14H2,1-5H3/t17-/m1/s1. The molecule has 2 aromatic rings. The van der Waals surface area contributed by atoms with Crippen molar-refractivity contribution in [3.05, 3.63) is 41.7 Å². The molecule has 1 aromatic carbocycles. The van der Waals surface area contributed by atoms with Crippen LogP contribution >= 0.6 is 0 Å². The highest BCUT2D eigenvalue weighted by Crippen LogP contribution is 2.23. The third-order valence-corrected chi connectivity index (χ3v) is 5.18. The first-order valence-corrected chi connectivity index (χ1v) is 10.5. The summed E-state index contributed by atoms with van der Waals surface area (Å²) in [5, 5.41) is 8.39. The summed E-state index contributed by atoms with van der Waals surface area (Å²) in [4.78, 5) is 31.2. The Morgan fingerprint density at radius 3 is 2.47 bits per heavy atom. The van der Waals surface area contributed by atoms with Crippen molar-refractivity contribution in [1.82, 2.24) is 24.8 Å². The lowest BCUT2D eigenvalue weighted by molar-refractivity contribution is 0.0255. The molecule has 0 radical (unpaired) electrons. The Kier molecular flexibility index (Phi) is 6.43. The fraction of sp³-hybridized carbons (Fsp3) is 0.545. The monoisotopic (exact) mass is 413 g/mol. The zero-order chi connectivity index (χ0) is 21.9. The number of aromatic nitrogens is 3. The van der Waals surface area contributed by atoms with E-state index in [0.29, 0.717) is 37.3 Å². The summed E-state index contributed by atoms with van der Waals surface area (Å²) in [6.45, 7) is 11.1. The molecule has 1 atom stereocenters. The number of amides is 2. The lowest BCUT2D eigenvalue weighted by Crippen LogP contribution is -2.42. The molecule has 0 unspecified atom stereocenters. The molecule has 8 heteroatoms. The molecule has 0 bridgehead atoms. The Hall–Kier alpha value is -2.90. The number of hydrogen-bond donors (Lipinski definition) is 0. The van der Waals surface area contributed by atoms with Gasteiger partial charge in [0.25, 0.3) is 5.91 Å². The third-order valence-electron chi connectivity index (χ3n) is 5.18. The molecule has 0 N–H and O–H groups in total. The second kappa shape index (κ2) is 8.85. The maximum atomic E-state index is 13.6. The first-order valence-electron chi connectivity index (χ1n) is 10.5. The number of benzene rings is 1. The first kappa shape index (κ1) is 21.8. The number of hydrogen-bond acceptors (Lipinski definition) is 5. The highest BCUT2D eigenvalue weighted by atomic mass is 16.6. The zero-order valence-electron chi connectivity index (χ0n) is 18.5. The van der Waals surface area contributed by atoms with E-state index in [1.807, 2.05) is 50.8 Å². The number of rotatable bonds is 3. The van der Waals surface area contributed by atoms with Crippen LogP contribution < -0.4 is 0 Å². The number of carbonyl (C=O) groups is 2. The topological polar surface area (TPSA) is 80.6 Å². The van der Waals surface area contributed by atoms with E-state index in [1.165, 1.54) is 4.80 Å². The Morgan fingerprint density at radius 2 is 1.83 bits per heavy atom. The van der Waals surface area contributed by atoms with E-state index in [-0.39, 0.29) is 18.0 Å². The summed E-state index contributed by atoms with van der Waals surface area (Å²) in [7, 11) is 0. The fourth-order valence-corrected chi connectivity index (χ4v) is 3.67. The minimum absolute atomic E-state index is 0.0453. The van der Waals surface area contributed by atoms with Crippen molar-refractivity contribution >= 4 is 12.0 Å². The van der Waals surface area contributed by atoms with Crippen LogP contribution in [-0.4, -0.2) is 68.1 Å². The summed E-state index contributed by atoms with van der Waals surface area (Å²) >= 11 is 0. The Labute approximate surface area is 177 Å². The van der Waals surface area contributed by atoms with Gasteiger partial charge in [0.2, 0.25) is 0 Å². The van der Waals surface area contributed by atoms with Crippen molar-refractivity contribution in [2.45, 2.75) is 59.1 Å². The van der Waals surface area contributed by atoms with Crippen molar-refractivity contribution in [3.8, 4) is 5.69 Å². The van der Waals surface area contributed by atoms with Crippen LogP contribution in [0.4, 0.5) is 4.79 Å². The molecule has 0 spiro atoms. The number of aryl methyl sites for hydroxylation is 1. The van der Waals surface area contributed by atoms with Crippen molar-refractivity contribution in [2.24, 2.45) is 0 Å². The van der Waals surface area contributed by atoms with Crippen LogP contribution in [0.3, 0.4) is 0 Å². The predicted molar refractivity (Wildman–Crippen MR) is 114 cm³/mol. The van der Waals surface area contributed by atoms with E-state index in [2.05, 4.69) is 17.1 Å². The smallest absolute Gasteiger partial charge is 0.410 e. The van der Waals surface area contributed by atoms with Crippen LogP contribution in [0.5, 0.6) is 0 Å². The lowest BCUT2D eigenvalue weighted by Gasteiger charge is -2.29. The van der Waals surface area contributed by atoms with Gasteiger partial charge in [-0.1, -0.05) is 18.6 Å². The van der Waals surface area contributed by atoms with Crippen LogP contribution in [0.15, 0.2) is 30.6 Å². The molecule has 2 heterocycles. The van der Waals surface area contributed by atoms with Crippen molar-refractivity contribution in [2.75, 3.05) is 19.6 Å². The first-order chi connectivity index (χ1) is 14.2. The summed E-state index contributed by atoms with van der Waals surface area (Å²) in [6, 6.07) is 5.74.